The monoisotopic (exact) mass is 169 g/mol. The van der Waals surface area contributed by atoms with Crippen LogP contribution < -0.4 is 0 Å². The van der Waals surface area contributed by atoms with Gasteiger partial charge in [-0.1, -0.05) is 5.16 Å². The molecule has 5 nitrogen and oxygen atoms in total. The smallest absolute Gasteiger partial charge is 0.360 e. The Balaban J connectivity index is 2.74. The van der Waals surface area contributed by atoms with E-state index in [1.54, 1.807) is 6.92 Å². The van der Waals surface area contributed by atoms with E-state index in [4.69, 9.17) is 0 Å². The van der Waals surface area contributed by atoms with Gasteiger partial charge in [-0.15, -0.1) is 0 Å². The molecule has 5 heteroatoms. The molecule has 0 atom stereocenters. The minimum atomic E-state index is -0.589. The van der Waals surface area contributed by atoms with Gasteiger partial charge in [-0.3, -0.25) is 4.79 Å². The zero-order valence-electron chi connectivity index (χ0n) is 6.44. The lowest BCUT2D eigenvalue weighted by Gasteiger charge is -1.93. The Morgan fingerprint density at radius 1 is 1.83 bits per heavy atom. The Hall–Kier alpha value is -1.65. The van der Waals surface area contributed by atoms with E-state index in [0.29, 0.717) is 6.29 Å². The molecular formula is C7H7NO4. The Labute approximate surface area is 68.3 Å². The van der Waals surface area contributed by atoms with Gasteiger partial charge in [-0.25, -0.2) is 4.79 Å². The molecular weight excluding hydrogens is 162 g/mol. The van der Waals surface area contributed by atoms with Gasteiger partial charge in [0.25, 0.3) is 0 Å². The predicted octanol–water partition coefficient (Wildman–Crippen LogP) is 0.664. The van der Waals surface area contributed by atoms with Gasteiger partial charge in [-0.2, -0.15) is 0 Å². The summed E-state index contributed by atoms with van der Waals surface area (Å²) in [5.74, 6) is -0.576. The molecule has 64 valence electrons. The minimum Gasteiger partial charge on any atom is -0.461 e. The first-order valence-electron chi connectivity index (χ1n) is 3.37. The number of hydrogen-bond donors (Lipinski definition) is 0. The molecule has 1 aromatic heterocycles. The van der Waals surface area contributed by atoms with Crippen molar-refractivity contribution in [1.82, 2.24) is 5.16 Å². The number of hydrogen-bond acceptors (Lipinski definition) is 5. The molecule has 1 heterocycles. The van der Waals surface area contributed by atoms with Gasteiger partial charge in [0.2, 0.25) is 0 Å². The number of carbonyl (C=O) groups excluding carboxylic acids is 2. The van der Waals surface area contributed by atoms with Crippen molar-refractivity contribution in [2.24, 2.45) is 0 Å². The lowest BCUT2D eigenvalue weighted by molar-refractivity contribution is 0.0514. The number of nitrogens with zero attached hydrogens (tertiary/aromatic N) is 1. The summed E-state index contributed by atoms with van der Waals surface area (Å²) in [6.07, 6.45) is 0.468. The van der Waals surface area contributed by atoms with Crippen LogP contribution >= 0.6 is 0 Å². The Kier molecular flexibility index (Phi) is 2.57. The summed E-state index contributed by atoms with van der Waals surface area (Å²) in [5, 5.41) is 3.32. The quantitative estimate of drug-likeness (QED) is 0.491. The maximum atomic E-state index is 10.9. The number of ether oxygens (including phenoxy) is 1. The molecule has 0 radical (unpaired) electrons. The van der Waals surface area contributed by atoms with E-state index in [9.17, 15) is 9.59 Å². The Morgan fingerprint density at radius 2 is 2.58 bits per heavy atom. The first-order chi connectivity index (χ1) is 5.77. The molecule has 0 aliphatic carbocycles. The third-order valence-electron chi connectivity index (χ3n) is 1.13. The third kappa shape index (κ3) is 1.69. The summed E-state index contributed by atoms with van der Waals surface area (Å²) in [4.78, 5) is 21.0. The van der Waals surface area contributed by atoms with Crippen molar-refractivity contribution in [3.63, 3.8) is 0 Å². The van der Waals surface area contributed by atoms with Crippen LogP contribution in [0, 0.1) is 0 Å². The van der Waals surface area contributed by atoms with Crippen LogP contribution in [0.1, 0.15) is 28.0 Å². The van der Waals surface area contributed by atoms with Gasteiger partial charge in [0.1, 0.15) is 0 Å². The number of rotatable bonds is 3. The normalized spacial score (nSPS) is 9.42. The zero-order valence-corrected chi connectivity index (χ0v) is 6.44. The van der Waals surface area contributed by atoms with Crippen LogP contribution in [0.25, 0.3) is 0 Å². The topological polar surface area (TPSA) is 69.4 Å². The summed E-state index contributed by atoms with van der Waals surface area (Å²) < 4.78 is 9.07. The average molecular weight is 169 g/mol. The highest BCUT2D eigenvalue weighted by molar-refractivity contribution is 5.88. The number of carbonyl (C=O) groups is 2. The second kappa shape index (κ2) is 3.66. The van der Waals surface area contributed by atoms with Crippen molar-refractivity contribution in [2.75, 3.05) is 6.61 Å². The zero-order chi connectivity index (χ0) is 8.97. The second-order valence-electron chi connectivity index (χ2n) is 1.95. The van der Waals surface area contributed by atoms with E-state index in [0.717, 1.165) is 0 Å². The van der Waals surface area contributed by atoms with Crippen molar-refractivity contribution >= 4 is 12.3 Å². The molecule has 0 aliphatic heterocycles. The van der Waals surface area contributed by atoms with Crippen LogP contribution in [0.4, 0.5) is 0 Å². The Morgan fingerprint density at radius 3 is 3.08 bits per heavy atom. The highest BCUT2D eigenvalue weighted by atomic mass is 16.5. The van der Waals surface area contributed by atoms with E-state index >= 15 is 0 Å². The molecule has 0 spiro atoms. The fourth-order valence-corrected chi connectivity index (χ4v) is 0.646. The molecule has 0 saturated heterocycles. The fraction of sp³-hybridized carbons (Fsp3) is 0.286. The van der Waals surface area contributed by atoms with E-state index in [1.165, 1.54) is 6.07 Å². The van der Waals surface area contributed by atoms with Crippen LogP contribution in [0.3, 0.4) is 0 Å². The van der Waals surface area contributed by atoms with Crippen molar-refractivity contribution in [1.29, 1.82) is 0 Å². The molecule has 1 aromatic rings. The highest BCUT2D eigenvalue weighted by Gasteiger charge is 2.12. The van der Waals surface area contributed by atoms with Gasteiger partial charge < -0.3 is 9.26 Å². The Bertz CT molecular complexity index is 291. The van der Waals surface area contributed by atoms with Gasteiger partial charge in [0, 0.05) is 6.07 Å². The third-order valence-corrected chi connectivity index (χ3v) is 1.13. The fourth-order valence-electron chi connectivity index (χ4n) is 0.646. The maximum absolute atomic E-state index is 10.9. The van der Waals surface area contributed by atoms with Gasteiger partial charge in [-0.05, 0) is 6.92 Å². The van der Waals surface area contributed by atoms with Crippen molar-refractivity contribution < 1.29 is 18.8 Å². The van der Waals surface area contributed by atoms with Crippen LogP contribution in [0.2, 0.25) is 0 Å². The molecule has 0 aromatic carbocycles. The molecule has 0 saturated carbocycles. The molecule has 0 bridgehead atoms. The number of aromatic nitrogens is 1. The molecule has 0 aliphatic rings. The van der Waals surface area contributed by atoms with Crippen molar-refractivity contribution in [3.8, 4) is 0 Å². The summed E-state index contributed by atoms with van der Waals surface area (Å²) >= 11 is 0. The first-order valence-corrected chi connectivity index (χ1v) is 3.37. The van der Waals surface area contributed by atoms with E-state index in [-0.39, 0.29) is 18.1 Å². The molecule has 12 heavy (non-hydrogen) atoms. The lowest BCUT2D eigenvalue weighted by atomic mass is 10.4. The molecule has 0 amide bonds. The predicted molar refractivity (Wildman–Crippen MR) is 37.8 cm³/mol. The average Bonchev–Trinajstić information content (AvgIpc) is 2.52. The van der Waals surface area contributed by atoms with Crippen LogP contribution in [-0.4, -0.2) is 24.0 Å². The standard InChI is InChI=1S/C7H7NO4/c1-2-11-7(10)6-3-5(4-9)12-8-6/h3-4H,2H2,1H3. The SMILES string of the molecule is CCOC(=O)c1cc(C=O)on1. The number of aldehydes is 1. The van der Waals surface area contributed by atoms with Gasteiger partial charge in [0.05, 0.1) is 6.61 Å². The van der Waals surface area contributed by atoms with Crippen molar-refractivity contribution in [2.45, 2.75) is 6.92 Å². The van der Waals surface area contributed by atoms with Crippen LogP contribution in [-0.2, 0) is 4.74 Å². The summed E-state index contributed by atoms with van der Waals surface area (Å²) in [7, 11) is 0. The highest BCUT2D eigenvalue weighted by Crippen LogP contribution is 2.02. The largest absolute Gasteiger partial charge is 0.461 e. The minimum absolute atomic E-state index is 0.0121. The van der Waals surface area contributed by atoms with E-state index < -0.39 is 5.97 Å². The first kappa shape index (κ1) is 8.45. The molecule has 0 fully saturated rings. The summed E-state index contributed by atoms with van der Waals surface area (Å²) in [6, 6.07) is 1.23. The molecule has 1 rings (SSSR count). The summed E-state index contributed by atoms with van der Waals surface area (Å²) in [6.45, 7) is 1.95. The van der Waals surface area contributed by atoms with Crippen molar-refractivity contribution in [3.05, 3.63) is 17.5 Å². The molecule has 0 unspecified atom stereocenters. The maximum Gasteiger partial charge on any atom is 0.360 e. The van der Waals surface area contributed by atoms with Gasteiger partial charge >= 0.3 is 5.97 Å². The van der Waals surface area contributed by atoms with Crippen LogP contribution in [0.15, 0.2) is 10.6 Å². The number of esters is 1. The van der Waals surface area contributed by atoms with E-state index in [2.05, 4.69) is 14.4 Å². The second-order valence-corrected chi connectivity index (χ2v) is 1.95. The van der Waals surface area contributed by atoms with Gasteiger partial charge in [0.15, 0.2) is 17.7 Å². The van der Waals surface area contributed by atoms with Crippen LogP contribution in [0.5, 0.6) is 0 Å². The van der Waals surface area contributed by atoms with E-state index in [1.807, 2.05) is 0 Å². The summed E-state index contributed by atoms with van der Waals surface area (Å²) in [5.41, 5.74) is 0.0129. The molecule has 0 N–H and O–H groups in total. The lowest BCUT2D eigenvalue weighted by Crippen LogP contribution is -2.04.